The Kier molecular flexibility index (Phi) is 4.96. The first-order valence-electron chi connectivity index (χ1n) is 10.2. The minimum atomic E-state index is -0.400. The normalized spacial score (nSPS) is 14.9. The van der Waals surface area contributed by atoms with Crippen LogP contribution in [0.3, 0.4) is 0 Å². The van der Waals surface area contributed by atoms with Gasteiger partial charge in [0.05, 0.1) is 19.8 Å². The van der Waals surface area contributed by atoms with Crippen molar-refractivity contribution < 1.29 is 18.5 Å². The zero-order valence-corrected chi connectivity index (χ0v) is 17.1. The van der Waals surface area contributed by atoms with Crippen LogP contribution in [0.15, 0.2) is 83.6 Å². The van der Waals surface area contributed by atoms with Gasteiger partial charge in [-0.25, -0.2) is 9.78 Å². The predicted molar refractivity (Wildman–Crippen MR) is 116 cm³/mol. The molecule has 0 spiro atoms. The fraction of sp³-hybridized carbons (Fsp3) is 0.160. The highest BCUT2D eigenvalue weighted by atomic mass is 16.5. The third kappa shape index (κ3) is 3.80. The van der Waals surface area contributed by atoms with Crippen molar-refractivity contribution in [2.75, 3.05) is 12.4 Å². The Labute approximate surface area is 180 Å². The maximum absolute atomic E-state index is 13.2. The molecule has 1 N–H and O–H groups in total. The van der Waals surface area contributed by atoms with Crippen LogP contribution < -0.4 is 14.6 Å². The Morgan fingerprint density at radius 3 is 2.74 bits per heavy atom. The summed E-state index contributed by atoms with van der Waals surface area (Å²) in [4.78, 5) is 18.2. The van der Waals surface area contributed by atoms with E-state index >= 15 is 0 Å². The number of carbonyl (C=O) groups is 1. The molecule has 0 radical (unpaired) electrons. The first-order chi connectivity index (χ1) is 15.2. The van der Waals surface area contributed by atoms with E-state index in [-0.39, 0.29) is 5.91 Å². The maximum atomic E-state index is 13.2. The van der Waals surface area contributed by atoms with Crippen LogP contribution in [-0.4, -0.2) is 24.0 Å². The minimum absolute atomic E-state index is 0.0211. The van der Waals surface area contributed by atoms with Crippen LogP contribution in [0.2, 0.25) is 0 Å². The molecule has 5 rings (SSSR count). The molecule has 1 unspecified atom stereocenters. The average molecular weight is 412 g/mol. The summed E-state index contributed by atoms with van der Waals surface area (Å²) >= 11 is 0. The summed E-state index contributed by atoms with van der Waals surface area (Å²) in [7, 11) is 1.64. The van der Waals surface area contributed by atoms with Crippen LogP contribution in [-0.2, 0) is 12.8 Å². The van der Waals surface area contributed by atoms with Gasteiger partial charge in [0.25, 0.3) is 0 Å². The highest BCUT2D eigenvalue weighted by Gasteiger charge is 2.41. The van der Waals surface area contributed by atoms with Gasteiger partial charge in [0.2, 0.25) is 6.04 Å². The Balaban J connectivity index is 1.57. The van der Waals surface area contributed by atoms with E-state index in [2.05, 4.69) is 17.4 Å². The Hall–Kier alpha value is -3.93. The number of hydrogen-bond donors (Lipinski definition) is 1. The lowest BCUT2D eigenvalue weighted by atomic mass is 10.1. The van der Waals surface area contributed by atoms with Gasteiger partial charge < -0.3 is 9.15 Å². The second-order valence-corrected chi connectivity index (χ2v) is 7.50. The molecule has 2 aromatic carbocycles. The smallest absolute Gasteiger partial charge is 0.359 e. The van der Waals surface area contributed by atoms with Crippen molar-refractivity contribution >= 4 is 11.7 Å². The van der Waals surface area contributed by atoms with Crippen molar-refractivity contribution in [3.63, 3.8) is 0 Å². The summed E-state index contributed by atoms with van der Waals surface area (Å²) < 4.78 is 12.5. The third-order valence-corrected chi connectivity index (χ3v) is 5.43. The number of nitrogens with zero attached hydrogens (tertiary/aromatic N) is 2. The summed E-state index contributed by atoms with van der Waals surface area (Å²) in [6.45, 7) is 0. The Bertz CT molecular complexity index is 1220. The zero-order chi connectivity index (χ0) is 21.2. The molecule has 0 fully saturated rings. The lowest BCUT2D eigenvalue weighted by Gasteiger charge is -2.08. The largest absolute Gasteiger partial charge is 0.497 e. The standard InChI is InChI=1S/C25H21N3O3/c1-30-19-10-5-9-18(14-19)23-16-28-24(21(26-23)13-17-7-3-2-4-8-17)27-22(25(28)29)15-20-11-6-12-31-20/h2-12,14,16,22H,13,15H2,1H3/p+1. The lowest BCUT2D eigenvalue weighted by Crippen LogP contribution is -2.44. The zero-order valence-electron chi connectivity index (χ0n) is 17.1. The molecule has 0 bridgehead atoms. The van der Waals surface area contributed by atoms with E-state index in [1.807, 2.05) is 54.6 Å². The molecule has 6 nitrogen and oxygen atoms in total. The predicted octanol–water partition coefficient (Wildman–Crippen LogP) is 3.91. The van der Waals surface area contributed by atoms with Gasteiger partial charge in [-0.1, -0.05) is 42.5 Å². The third-order valence-electron chi connectivity index (χ3n) is 5.43. The van der Waals surface area contributed by atoms with Gasteiger partial charge in [-0.05, 0) is 29.8 Å². The fourth-order valence-corrected chi connectivity index (χ4v) is 3.88. The molecule has 4 aromatic rings. The van der Waals surface area contributed by atoms with E-state index in [9.17, 15) is 4.79 Å². The van der Waals surface area contributed by atoms with E-state index in [0.717, 1.165) is 39.8 Å². The first kappa shape index (κ1) is 19.1. The second kappa shape index (κ2) is 8.07. The van der Waals surface area contributed by atoms with Crippen molar-refractivity contribution in [2.45, 2.75) is 18.9 Å². The number of nitrogens with one attached hydrogen (secondary N) is 1. The fourth-order valence-electron chi connectivity index (χ4n) is 3.88. The average Bonchev–Trinajstić information content (AvgIpc) is 3.43. The summed E-state index contributed by atoms with van der Waals surface area (Å²) in [5, 5.41) is 3.38. The first-order valence-corrected chi connectivity index (χ1v) is 10.2. The number of carbonyl (C=O) groups excluding carboxylic acids is 1. The molecule has 0 saturated heterocycles. The van der Waals surface area contributed by atoms with E-state index in [1.54, 1.807) is 24.1 Å². The number of aromatic nitrogens is 2. The monoisotopic (exact) mass is 412 g/mol. The molecular weight excluding hydrogens is 390 g/mol. The van der Waals surface area contributed by atoms with Gasteiger partial charge in [0.1, 0.15) is 29.1 Å². The molecule has 1 aliphatic rings. The van der Waals surface area contributed by atoms with Crippen molar-refractivity contribution in [2.24, 2.45) is 0 Å². The molecule has 154 valence electrons. The number of ether oxygens (including phenoxy) is 1. The number of anilines is 1. The van der Waals surface area contributed by atoms with Crippen molar-refractivity contribution in [3.8, 4) is 17.0 Å². The van der Waals surface area contributed by atoms with Gasteiger partial charge in [0.15, 0.2) is 0 Å². The van der Waals surface area contributed by atoms with Crippen LogP contribution in [0.4, 0.5) is 5.82 Å². The van der Waals surface area contributed by atoms with Gasteiger partial charge in [-0.15, -0.1) is 0 Å². The van der Waals surface area contributed by atoms with Crippen molar-refractivity contribution in [1.29, 1.82) is 0 Å². The van der Waals surface area contributed by atoms with E-state index < -0.39 is 6.04 Å². The highest BCUT2D eigenvalue weighted by Crippen LogP contribution is 2.26. The van der Waals surface area contributed by atoms with Crippen LogP contribution in [0.1, 0.15) is 21.8 Å². The number of methoxy groups -OCH3 is 1. The van der Waals surface area contributed by atoms with Crippen molar-refractivity contribution in [3.05, 3.63) is 96.2 Å². The molecule has 1 atom stereocenters. The molecule has 0 amide bonds. The summed E-state index contributed by atoms with van der Waals surface area (Å²) in [5.74, 6) is 2.23. The number of furan rings is 1. The van der Waals surface area contributed by atoms with Crippen LogP contribution in [0, 0.1) is 0 Å². The van der Waals surface area contributed by atoms with Crippen LogP contribution >= 0.6 is 0 Å². The Morgan fingerprint density at radius 2 is 1.97 bits per heavy atom. The Morgan fingerprint density at radius 1 is 1.10 bits per heavy atom. The number of fused-ring (bicyclic) bond motifs is 1. The molecular formula is C25H22N3O3+. The number of hydrogen-bond acceptors (Lipinski definition) is 5. The van der Waals surface area contributed by atoms with Gasteiger partial charge in [0, 0.05) is 12.0 Å². The van der Waals surface area contributed by atoms with Crippen LogP contribution in [0.5, 0.6) is 5.75 Å². The molecule has 31 heavy (non-hydrogen) atoms. The highest BCUT2D eigenvalue weighted by molar-refractivity contribution is 5.82. The van der Waals surface area contributed by atoms with Gasteiger partial charge >= 0.3 is 11.7 Å². The minimum Gasteiger partial charge on any atom is -0.497 e. The number of benzene rings is 2. The van der Waals surface area contributed by atoms with Gasteiger partial charge in [-0.3, -0.25) is 5.32 Å². The summed E-state index contributed by atoms with van der Waals surface area (Å²) in [5.41, 5.74) is 3.57. The van der Waals surface area contributed by atoms with E-state index in [0.29, 0.717) is 12.8 Å². The van der Waals surface area contributed by atoms with Gasteiger partial charge in [-0.2, -0.15) is 4.57 Å². The second-order valence-electron chi connectivity index (χ2n) is 7.50. The lowest BCUT2D eigenvalue weighted by molar-refractivity contribution is -0.552. The molecule has 2 aromatic heterocycles. The topological polar surface area (TPSA) is 68.2 Å². The quantitative estimate of drug-likeness (QED) is 0.487. The van der Waals surface area contributed by atoms with E-state index in [1.165, 1.54) is 0 Å². The molecule has 6 heteroatoms. The summed E-state index contributed by atoms with van der Waals surface area (Å²) in [6, 6.07) is 21.2. The molecule has 0 saturated carbocycles. The molecule has 3 heterocycles. The summed E-state index contributed by atoms with van der Waals surface area (Å²) in [6.07, 6.45) is 4.52. The van der Waals surface area contributed by atoms with Crippen LogP contribution in [0.25, 0.3) is 11.3 Å². The molecule has 1 aliphatic heterocycles. The molecule has 0 aliphatic carbocycles. The SMILES string of the molecule is COc1cccc(-c2c[n+]3c(c(Cc4ccccc4)n2)NC(Cc2ccco2)C3=O)c1. The van der Waals surface area contributed by atoms with Crippen molar-refractivity contribution in [1.82, 2.24) is 4.98 Å². The van der Waals surface area contributed by atoms with E-state index in [4.69, 9.17) is 14.1 Å². The number of rotatable bonds is 6. The maximum Gasteiger partial charge on any atom is 0.359 e.